The van der Waals surface area contributed by atoms with Gasteiger partial charge in [-0.1, -0.05) is 31.3 Å². The monoisotopic (exact) mass is 223 g/mol. The molecule has 90 valence electrons. The Morgan fingerprint density at radius 3 is 3.06 bits per heavy atom. The van der Waals surface area contributed by atoms with Crippen molar-refractivity contribution in [2.24, 2.45) is 5.92 Å². The van der Waals surface area contributed by atoms with Crippen LogP contribution in [-0.4, -0.2) is 16.2 Å². The van der Waals surface area contributed by atoms with Crippen molar-refractivity contribution in [3.63, 3.8) is 0 Å². The van der Waals surface area contributed by atoms with Crippen LogP contribution in [0.5, 0.6) is 0 Å². The molecule has 0 aliphatic heterocycles. The molecular weight excluding hydrogens is 202 g/mol. The second-order valence-corrected chi connectivity index (χ2v) is 4.71. The van der Waals surface area contributed by atoms with Gasteiger partial charge < -0.3 is 9.84 Å². The van der Waals surface area contributed by atoms with Crippen molar-refractivity contribution in [3.05, 3.63) is 12.2 Å². The lowest BCUT2D eigenvalue weighted by Crippen LogP contribution is -2.28. The zero-order valence-electron chi connectivity index (χ0n) is 9.98. The molecule has 1 fully saturated rings. The average molecular weight is 223 g/mol. The molecule has 0 spiro atoms. The highest BCUT2D eigenvalue weighted by atomic mass is 16.5. The van der Waals surface area contributed by atoms with E-state index in [0.717, 1.165) is 18.3 Å². The summed E-state index contributed by atoms with van der Waals surface area (Å²) in [5.74, 6) is 1.70. The second-order valence-electron chi connectivity index (χ2n) is 4.71. The number of aromatic nitrogens is 2. The van der Waals surface area contributed by atoms with E-state index < -0.39 is 0 Å². The van der Waals surface area contributed by atoms with Crippen LogP contribution in [0.25, 0.3) is 0 Å². The van der Waals surface area contributed by atoms with Crippen LogP contribution in [0.4, 0.5) is 0 Å². The van der Waals surface area contributed by atoms with Crippen molar-refractivity contribution in [1.82, 2.24) is 15.5 Å². The lowest BCUT2D eigenvalue weighted by Gasteiger charge is -2.15. The molecule has 16 heavy (non-hydrogen) atoms. The Labute approximate surface area is 96.8 Å². The van der Waals surface area contributed by atoms with Crippen LogP contribution in [0.1, 0.15) is 51.3 Å². The Hall–Kier alpha value is -0.900. The summed E-state index contributed by atoms with van der Waals surface area (Å²) >= 11 is 0. The van der Waals surface area contributed by atoms with Gasteiger partial charge in [0.25, 0.3) is 0 Å². The fourth-order valence-electron chi connectivity index (χ4n) is 2.50. The number of hydrogen-bond donors (Lipinski definition) is 1. The molecule has 1 aromatic heterocycles. The van der Waals surface area contributed by atoms with Gasteiger partial charge in [-0.05, 0) is 25.2 Å². The van der Waals surface area contributed by atoms with Gasteiger partial charge in [0.1, 0.15) is 0 Å². The van der Waals surface area contributed by atoms with Gasteiger partial charge >= 0.3 is 0 Å². The van der Waals surface area contributed by atoms with E-state index in [1.165, 1.54) is 44.9 Å². The Bertz CT molecular complexity index is 286. The molecule has 2 rings (SSSR count). The van der Waals surface area contributed by atoms with Crippen LogP contribution in [-0.2, 0) is 6.54 Å². The lowest BCUT2D eigenvalue weighted by molar-refractivity contribution is 0.395. The van der Waals surface area contributed by atoms with E-state index in [2.05, 4.69) is 22.4 Å². The number of rotatable bonds is 4. The first-order chi connectivity index (χ1) is 7.88. The fraction of sp³-hybridized carbons (Fsp3) is 0.833. The Balaban J connectivity index is 1.73. The fourth-order valence-corrected chi connectivity index (χ4v) is 2.50. The van der Waals surface area contributed by atoms with Gasteiger partial charge in [-0.3, -0.25) is 0 Å². The van der Waals surface area contributed by atoms with Crippen LogP contribution in [0, 0.1) is 5.92 Å². The molecule has 0 amide bonds. The topological polar surface area (TPSA) is 51.0 Å². The summed E-state index contributed by atoms with van der Waals surface area (Å²) in [6.07, 6.45) is 9.40. The molecule has 1 heterocycles. The van der Waals surface area contributed by atoms with E-state index in [9.17, 15) is 0 Å². The van der Waals surface area contributed by atoms with Crippen molar-refractivity contribution >= 4 is 0 Å². The van der Waals surface area contributed by atoms with Crippen molar-refractivity contribution in [1.29, 1.82) is 0 Å². The third-order valence-electron chi connectivity index (χ3n) is 3.62. The van der Waals surface area contributed by atoms with Gasteiger partial charge in [0.15, 0.2) is 5.82 Å². The number of nitrogens with one attached hydrogen (secondary N) is 1. The highest BCUT2D eigenvalue weighted by molar-refractivity contribution is 4.80. The van der Waals surface area contributed by atoms with E-state index in [0.29, 0.717) is 6.04 Å². The molecule has 1 aromatic rings. The summed E-state index contributed by atoms with van der Waals surface area (Å²) in [5, 5.41) is 7.33. The Morgan fingerprint density at radius 2 is 2.31 bits per heavy atom. The molecule has 4 heteroatoms. The number of hydrogen-bond acceptors (Lipinski definition) is 4. The normalized spacial score (nSPS) is 26.6. The zero-order valence-corrected chi connectivity index (χ0v) is 9.98. The van der Waals surface area contributed by atoms with Crippen molar-refractivity contribution in [2.45, 2.75) is 58.0 Å². The van der Waals surface area contributed by atoms with E-state index in [1.54, 1.807) is 0 Å². The van der Waals surface area contributed by atoms with Crippen LogP contribution in [0.2, 0.25) is 0 Å². The first-order valence-corrected chi connectivity index (χ1v) is 6.37. The molecule has 0 radical (unpaired) electrons. The molecule has 2 atom stereocenters. The van der Waals surface area contributed by atoms with Gasteiger partial charge in [-0.2, -0.15) is 4.98 Å². The van der Waals surface area contributed by atoms with Gasteiger partial charge in [-0.15, -0.1) is 0 Å². The third-order valence-corrected chi connectivity index (χ3v) is 3.62. The van der Waals surface area contributed by atoms with Crippen LogP contribution >= 0.6 is 0 Å². The van der Waals surface area contributed by atoms with Crippen molar-refractivity contribution in [2.75, 3.05) is 0 Å². The summed E-state index contributed by atoms with van der Waals surface area (Å²) < 4.78 is 4.71. The minimum atomic E-state index is 0.634. The molecule has 1 saturated carbocycles. The molecule has 4 nitrogen and oxygen atoms in total. The smallest absolute Gasteiger partial charge is 0.213 e. The van der Waals surface area contributed by atoms with Crippen molar-refractivity contribution in [3.8, 4) is 0 Å². The van der Waals surface area contributed by atoms with Gasteiger partial charge in [-0.25, -0.2) is 0 Å². The van der Waals surface area contributed by atoms with E-state index >= 15 is 0 Å². The molecule has 1 aliphatic carbocycles. The predicted octanol–water partition coefficient (Wildman–Crippen LogP) is 2.52. The number of nitrogens with zero attached hydrogens (tertiary/aromatic N) is 2. The largest absolute Gasteiger partial charge is 0.343 e. The van der Waals surface area contributed by atoms with Gasteiger partial charge in [0, 0.05) is 6.04 Å². The minimum absolute atomic E-state index is 0.634. The van der Waals surface area contributed by atoms with E-state index in [-0.39, 0.29) is 0 Å². The van der Waals surface area contributed by atoms with E-state index in [4.69, 9.17) is 4.52 Å². The van der Waals surface area contributed by atoms with Crippen LogP contribution in [0.15, 0.2) is 10.9 Å². The zero-order chi connectivity index (χ0) is 11.2. The lowest BCUT2D eigenvalue weighted by atomic mass is 9.98. The Morgan fingerprint density at radius 1 is 1.38 bits per heavy atom. The highest BCUT2D eigenvalue weighted by Gasteiger charge is 2.17. The predicted molar refractivity (Wildman–Crippen MR) is 61.8 cm³/mol. The third kappa shape index (κ3) is 3.30. The summed E-state index contributed by atoms with van der Waals surface area (Å²) in [6.45, 7) is 3.04. The summed E-state index contributed by atoms with van der Waals surface area (Å²) in [6, 6.07) is 0.634. The quantitative estimate of drug-likeness (QED) is 0.797. The average Bonchev–Trinajstić information content (AvgIpc) is 2.72. The van der Waals surface area contributed by atoms with Gasteiger partial charge in [0.2, 0.25) is 6.39 Å². The SMILES string of the molecule is CCC1CCCC(NCc2ncon2)CC1. The first kappa shape index (κ1) is 11.6. The van der Waals surface area contributed by atoms with E-state index in [1.807, 2.05) is 0 Å². The van der Waals surface area contributed by atoms with Crippen LogP contribution < -0.4 is 5.32 Å². The molecule has 1 aliphatic rings. The summed E-state index contributed by atoms with van der Waals surface area (Å²) in [4.78, 5) is 4.01. The molecular formula is C12H21N3O. The second kappa shape index (κ2) is 5.99. The molecule has 0 aromatic carbocycles. The molecule has 0 bridgehead atoms. The standard InChI is InChI=1S/C12H21N3O/c1-2-10-4-3-5-11(7-6-10)13-8-12-14-9-16-15-12/h9-11,13H,2-8H2,1H3. The summed E-state index contributed by atoms with van der Waals surface area (Å²) in [5.41, 5.74) is 0. The Kier molecular flexibility index (Phi) is 4.34. The maximum atomic E-state index is 4.71. The maximum absolute atomic E-state index is 4.71. The minimum Gasteiger partial charge on any atom is -0.343 e. The molecule has 1 N–H and O–H groups in total. The molecule has 2 unspecified atom stereocenters. The first-order valence-electron chi connectivity index (χ1n) is 6.37. The summed E-state index contributed by atoms with van der Waals surface area (Å²) in [7, 11) is 0. The van der Waals surface area contributed by atoms with Crippen molar-refractivity contribution < 1.29 is 4.52 Å². The van der Waals surface area contributed by atoms with Gasteiger partial charge in [0.05, 0.1) is 6.54 Å². The highest BCUT2D eigenvalue weighted by Crippen LogP contribution is 2.25. The molecule has 0 saturated heterocycles. The van der Waals surface area contributed by atoms with Crippen LogP contribution in [0.3, 0.4) is 0 Å². The maximum Gasteiger partial charge on any atom is 0.213 e.